The van der Waals surface area contributed by atoms with E-state index in [0.29, 0.717) is 12.2 Å². The standard InChI is InChI=1S/C20H30F3N5O.HI/c1-27-13-9-19(10-14-27,28-11-3-2-4-12-28)15-25-18(24)26-16-5-7-17(8-6-16)29-20(21,22)23;/h5-8H,2-4,9-15H2,1H3,(H3,24,25,26);1H. The molecule has 0 unspecified atom stereocenters. The summed E-state index contributed by atoms with van der Waals surface area (Å²) < 4.78 is 40.7. The predicted octanol–water partition coefficient (Wildman–Crippen LogP) is 3.88. The van der Waals surface area contributed by atoms with Crippen molar-refractivity contribution in [3.63, 3.8) is 0 Å². The molecule has 0 aromatic heterocycles. The highest BCUT2D eigenvalue weighted by molar-refractivity contribution is 14.0. The number of alkyl halides is 3. The molecule has 3 N–H and O–H groups in total. The Hall–Kier alpha value is -1.27. The van der Waals surface area contributed by atoms with Gasteiger partial charge in [-0.05, 0) is 83.2 Å². The average molecular weight is 541 g/mol. The van der Waals surface area contributed by atoms with Crippen LogP contribution in [0, 0.1) is 0 Å². The molecule has 2 aliphatic heterocycles. The number of benzene rings is 1. The van der Waals surface area contributed by atoms with Crippen LogP contribution in [0.4, 0.5) is 18.9 Å². The van der Waals surface area contributed by atoms with Crippen LogP contribution in [-0.2, 0) is 0 Å². The molecule has 1 aromatic carbocycles. The van der Waals surface area contributed by atoms with Gasteiger partial charge < -0.3 is 20.7 Å². The van der Waals surface area contributed by atoms with Gasteiger partial charge in [0.15, 0.2) is 5.96 Å². The minimum Gasteiger partial charge on any atom is -0.406 e. The largest absolute Gasteiger partial charge is 0.573 e. The molecular formula is C20H31F3IN5O. The first-order valence-corrected chi connectivity index (χ1v) is 10.1. The number of aliphatic imine (C=N–C) groups is 1. The third kappa shape index (κ3) is 7.16. The highest BCUT2D eigenvalue weighted by Crippen LogP contribution is 2.32. The Kier molecular flexibility index (Phi) is 9.04. The second-order valence-corrected chi connectivity index (χ2v) is 7.97. The van der Waals surface area contributed by atoms with Crippen LogP contribution in [0.1, 0.15) is 32.1 Å². The second-order valence-electron chi connectivity index (χ2n) is 7.97. The van der Waals surface area contributed by atoms with Crippen LogP contribution in [-0.4, -0.2) is 67.4 Å². The number of nitrogens with two attached hydrogens (primary N) is 1. The molecule has 6 nitrogen and oxygen atoms in total. The molecule has 2 saturated heterocycles. The number of nitrogens with one attached hydrogen (secondary N) is 1. The number of hydrogen-bond donors (Lipinski definition) is 2. The normalized spacial score (nSPS) is 21.0. The number of rotatable bonds is 5. The summed E-state index contributed by atoms with van der Waals surface area (Å²) in [6.45, 7) is 4.91. The average Bonchev–Trinajstić information content (AvgIpc) is 2.69. The summed E-state index contributed by atoms with van der Waals surface area (Å²) in [5.41, 5.74) is 6.67. The zero-order valence-corrected chi connectivity index (χ0v) is 19.6. The van der Waals surface area contributed by atoms with Gasteiger partial charge in [0.25, 0.3) is 0 Å². The van der Waals surface area contributed by atoms with Crippen molar-refractivity contribution in [3.8, 4) is 5.75 Å². The van der Waals surface area contributed by atoms with Gasteiger partial charge in [-0.1, -0.05) is 6.42 Å². The van der Waals surface area contributed by atoms with Crippen LogP contribution in [0.5, 0.6) is 5.75 Å². The number of guanidine groups is 1. The number of anilines is 1. The first-order chi connectivity index (χ1) is 13.8. The number of nitrogens with zero attached hydrogens (tertiary/aromatic N) is 3. The summed E-state index contributed by atoms with van der Waals surface area (Å²) >= 11 is 0. The number of ether oxygens (including phenoxy) is 1. The third-order valence-electron chi connectivity index (χ3n) is 5.85. The van der Waals surface area contributed by atoms with Gasteiger partial charge in [0.1, 0.15) is 5.75 Å². The number of likely N-dealkylation sites (tertiary alicyclic amines) is 2. The lowest BCUT2D eigenvalue weighted by Crippen LogP contribution is -2.58. The molecular weight excluding hydrogens is 510 g/mol. The molecule has 0 saturated carbocycles. The van der Waals surface area contributed by atoms with E-state index in [-0.39, 0.29) is 41.2 Å². The van der Waals surface area contributed by atoms with Gasteiger partial charge in [0, 0.05) is 11.2 Å². The van der Waals surface area contributed by atoms with Crippen molar-refractivity contribution < 1.29 is 17.9 Å². The molecule has 2 heterocycles. The Morgan fingerprint density at radius 1 is 1.10 bits per heavy atom. The van der Waals surface area contributed by atoms with E-state index in [1.54, 1.807) is 0 Å². The number of hydrogen-bond acceptors (Lipinski definition) is 4. The summed E-state index contributed by atoms with van der Waals surface area (Å²) in [4.78, 5) is 9.54. The molecule has 0 aliphatic carbocycles. The van der Waals surface area contributed by atoms with Crippen molar-refractivity contribution in [2.75, 3.05) is 45.1 Å². The molecule has 0 atom stereocenters. The lowest BCUT2D eigenvalue weighted by atomic mass is 9.84. The fraction of sp³-hybridized carbons (Fsp3) is 0.650. The minimum absolute atomic E-state index is 0. The Labute approximate surface area is 193 Å². The maximum Gasteiger partial charge on any atom is 0.573 e. The predicted molar refractivity (Wildman–Crippen MR) is 124 cm³/mol. The van der Waals surface area contributed by atoms with Crippen molar-refractivity contribution in [3.05, 3.63) is 24.3 Å². The summed E-state index contributed by atoms with van der Waals surface area (Å²) in [5, 5.41) is 2.96. The Bertz CT molecular complexity index is 685. The maximum absolute atomic E-state index is 12.3. The summed E-state index contributed by atoms with van der Waals surface area (Å²) in [7, 11) is 2.14. The molecule has 170 valence electrons. The fourth-order valence-electron chi connectivity index (χ4n) is 4.14. The van der Waals surface area contributed by atoms with Crippen molar-refractivity contribution in [1.82, 2.24) is 9.80 Å². The number of piperidine rings is 2. The topological polar surface area (TPSA) is 66.1 Å². The van der Waals surface area contributed by atoms with Crippen molar-refractivity contribution in [2.24, 2.45) is 10.7 Å². The SMILES string of the molecule is CN1CCC(CN=C(N)Nc2ccc(OC(F)(F)F)cc2)(N2CCCCC2)CC1.I. The Morgan fingerprint density at radius 2 is 1.70 bits per heavy atom. The van der Waals surface area contributed by atoms with Crippen LogP contribution in [0.3, 0.4) is 0 Å². The molecule has 0 radical (unpaired) electrons. The molecule has 0 bridgehead atoms. The minimum atomic E-state index is -4.70. The molecule has 30 heavy (non-hydrogen) atoms. The van der Waals surface area contributed by atoms with E-state index < -0.39 is 6.36 Å². The molecule has 1 aromatic rings. The fourth-order valence-corrected chi connectivity index (χ4v) is 4.14. The molecule has 0 spiro atoms. The van der Waals surface area contributed by atoms with Crippen LogP contribution >= 0.6 is 24.0 Å². The van der Waals surface area contributed by atoms with E-state index in [2.05, 4.69) is 31.9 Å². The van der Waals surface area contributed by atoms with Crippen LogP contribution in [0.2, 0.25) is 0 Å². The molecule has 3 rings (SSSR count). The van der Waals surface area contributed by atoms with E-state index in [0.717, 1.165) is 39.0 Å². The first kappa shape index (κ1) is 25.0. The van der Waals surface area contributed by atoms with Gasteiger partial charge >= 0.3 is 6.36 Å². The molecule has 2 aliphatic rings. The zero-order valence-electron chi connectivity index (χ0n) is 17.2. The van der Waals surface area contributed by atoms with Crippen molar-refractivity contribution in [1.29, 1.82) is 0 Å². The van der Waals surface area contributed by atoms with E-state index in [1.807, 2.05) is 0 Å². The Balaban J connectivity index is 0.00000320. The van der Waals surface area contributed by atoms with Crippen molar-refractivity contribution >= 4 is 35.6 Å². The lowest BCUT2D eigenvalue weighted by Gasteiger charge is -2.49. The van der Waals surface area contributed by atoms with E-state index in [1.165, 1.54) is 43.5 Å². The van der Waals surface area contributed by atoms with Gasteiger partial charge in [-0.2, -0.15) is 0 Å². The van der Waals surface area contributed by atoms with Crippen LogP contribution in [0.15, 0.2) is 29.3 Å². The van der Waals surface area contributed by atoms with Gasteiger partial charge in [0.05, 0.1) is 6.54 Å². The third-order valence-corrected chi connectivity index (χ3v) is 5.85. The molecule has 10 heteroatoms. The van der Waals surface area contributed by atoms with Crippen LogP contribution < -0.4 is 15.8 Å². The lowest BCUT2D eigenvalue weighted by molar-refractivity contribution is -0.274. The van der Waals surface area contributed by atoms with Crippen molar-refractivity contribution in [2.45, 2.75) is 44.0 Å². The van der Waals surface area contributed by atoms with E-state index >= 15 is 0 Å². The smallest absolute Gasteiger partial charge is 0.406 e. The van der Waals surface area contributed by atoms with Gasteiger partial charge in [-0.15, -0.1) is 37.1 Å². The Morgan fingerprint density at radius 3 is 2.27 bits per heavy atom. The zero-order chi connectivity index (χ0) is 20.9. The second kappa shape index (κ2) is 10.9. The maximum atomic E-state index is 12.3. The van der Waals surface area contributed by atoms with Crippen LogP contribution in [0.25, 0.3) is 0 Å². The summed E-state index contributed by atoms with van der Waals surface area (Å²) in [5.74, 6) is -0.00117. The van der Waals surface area contributed by atoms with Gasteiger partial charge in [-0.3, -0.25) is 9.89 Å². The summed E-state index contributed by atoms with van der Waals surface area (Å²) in [6.07, 6.45) is 1.15. The first-order valence-electron chi connectivity index (χ1n) is 10.1. The summed E-state index contributed by atoms with van der Waals surface area (Å²) in [6, 6.07) is 5.46. The number of halogens is 4. The van der Waals surface area contributed by atoms with E-state index in [9.17, 15) is 13.2 Å². The molecule has 2 fully saturated rings. The van der Waals surface area contributed by atoms with Gasteiger partial charge in [0.2, 0.25) is 0 Å². The van der Waals surface area contributed by atoms with E-state index in [4.69, 9.17) is 5.73 Å². The quantitative estimate of drug-likeness (QED) is 0.337. The van der Waals surface area contributed by atoms with Gasteiger partial charge in [-0.25, -0.2) is 0 Å². The highest BCUT2D eigenvalue weighted by atomic mass is 127. The monoisotopic (exact) mass is 541 g/mol. The highest BCUT2D eigenvalue weighted by Gasteiger charge is 2.39. The molecule has 0 amide bonds.